The van der Waals surface area contributed by atoms with Gasteiger partial charge in [0.25, 0.3) is 11.5 Å². The average molecular weight is 343 g/mol. The zero-order valence-corrected chi connectivity index (χ0v) is 13.4. The number of rotatable bonds is 5. The molecule has 3 N–H and O–H groups in total. The largest absolute Gasteiger partial charge is 0.319 e. The molecule has 0 fully saturated rings. The van der Waals surface area contributed by atoms with Crippen LogP contribution in [-0.2, 0) is 0 Å². The summed E-state index contributed by atoms with van der Waals surface area (Å²) in [6.07, 6.45) is 1.24. The Labute approximate surface area is 140 Å². The van der Waals surface area contributed by atoms with Gasteiger partial charge in [0.15, 0.2) is 10.9 Å². The fraction of sp³-hybridized carbons (Fsp3) is 0.143. The molecule has 0 spiro atoms. The molecule has 1 aromatic carbocycles. The molecule has 2 aromatic heterocycles. The zero-order chi connectivity index (χ0) is 16.9. The Hall–Kier alpha value is -3.01. The van der Waals surface area contributed by atoms with Crippen molar-refractivity contribution in [2.45, 2.75) is 12.1 Å². The number of nitrogens with zero attached hydrogens (tertiary/aromatic N) is 4. The van der Waals surface area contributed by atoms with Gasteiger partial charge in [-0.05, 0) is 11.8 Å². The fourth-order valence-corrected chi connectivity index (χ4v) is 2.53. The van der Waals surface area contributed by atoms with E-state index in [9.17, 15) is 9.59 Å². The number of anilines is 1. The summed E-state index contributed by atoms with van der Waals surface area (Å²) < 4.78 is 0. The molecule has 0 aliphatic carbocycles. The standard InChI is InChI=1S/C14H13N7O2S/c1-2-24-14-18-12(22)10(19-21-14)8-5-3-4-6-9(8)17-13(23)11-15-7-16-20-11/h3-7H,2H2,1H3,(H,17,23)(H,15,16,20)(H,18,21,22). The van der Waals surface area contributed by atoms with Crippen LogP contribution in [0.3, 0.4) is 0 Å². The molecule has 3 rings (SSSR count). The topological polar surface area (TPSA) is 129 Å². The first-order valence-electron chi connectivity index (χ1n) is 7.05. The quantitative estimate of drug-likeness (QED) is 0.596. The summed E-state index contributed by atoms with van der Waals surface area (Å²) in [4.78, 5) is 30.8. The number of para-hydroxylation sites is 1. The number of amides is 1. The second kappa shape index (κ2) is 7.04. The lowest BCUT2D eigenvalue weighted by Gasteiger charge is -2.09. The predicted molar refractivity (Wildman–Crippen MR) is 88.8 cm³/mol. The lowest BCUT2D eigenvalue weighted by atomic mass is 10.1. The number of benzene rings is 1. The van der Waals surface area contributed by atoms with Crippen molar-refractivity contribution < 1.29 is 4.79 Å². The molecule has 0 radical (unpaired) electrons. The van der Waals surface area contributed by atoms with Crippen molar-refractivity contribution >= 4 is 23.4 Å². The van der Waals surface area contributed by atoms with Gasteiger partial charge in [-0.3, -0.25) is 19.7 Å². The highest BCUT2D eigenvalue weighted by Gasteiger charge is 2.15. The summed E-state index contributed by atoms with van der Waals surface area (Å²) in [6.45, 7) is 1.95. The SMILES string of the molecule is CCSc1nnc(-c2ccccc2NC(=O)c2ncn[nH]2)c(=O)[nH]1. The number of H-pyrrole nitrogens is 2. The Morgan fingerprint density at radius 2 is 2.12 bits per heavy atom. The van der Waals surface area contributed by atoms with Crippen LogP contribution in [0.25, 0.3) is 11.3 Å². The number of thioether (sulfide) groups is 1. The molecule has 0 aliphatic rings. The molecule has 0 saturated heterocycles. The molecule has 0 aliphatic heterocycles. The average Bonchev–Trinajstić information content (AvgIpc) is 3.11. The Morgan fingerprint density at radius 3 is 2.83 bits per heavy atom. The Balaban J connectivity index is 1.95. The summed E-state index contributed by atoms with van der Waals surface area (Å²) in [7, 11) is 0. The van der Waals surface area contributed by atoms with Crippen LogP contribution in [0.2, 0.25) is 0 Å². The van der Waals surface area contributed by atoms with E-state index in [1.54, 1.807) is 24.3 Å². The van der Waals surface area contributed by atoms with Gasteiger partial charge in [-0.15, -0.1) is 10.2 Å². The van der Waals surface area contributed by atoms with Gasteiger partial charge in [0.2, 0.25) is 5.82 Å². The number of hydrogen-bond acceptors (Lipinski definition) is 7. The summed E-state index contributed by atoms with van der Waals surface area (Å²) in [5.74, 6) is 0.371. The van der Waals surface area contributed by atoms with Crippen LogP contribution in [0.5, 0.6) is 0 Å². The Kier molecular flexibility index (Phi) is 4.66. The summed E-state index contributed by atoms with van der Waals surface area (Å²) in [5, 5.41) is 17.2. The molecular weight excluding hydrogens is 330 g/mol. The van der Waals surface area contributed by atoms with Crippen molar-refractivity contribution in [3.63, 3.8) is 0 Å². The maximum atomic E-state index is 12.3. The predicted octanol–water partition coefficient (Wildman–Crippen LogP) is 1.31. The van der Waals surface area contributed by atoms with Crippen molar-refractivity contribution in [3.05, 3.63) is 46.8 Å². The number of aromatic nitrogens is 6. The third-order valence-electron chi connectivity index (χ3n) is 3.02. The lowest BCUT2D eigenvalue weighted by molar-refractivity contribution is 0.101. The molecule has 0 saturated carbocycles. The third kappa shape index (κ3) is 3.33. The maximum absolute atomic E-state index is 12.3. The van der Waals surface area contributed by atoms with Gasteiger partial charge >= 0.3 is 0 Å². The summed E-state index contributed by atoms with van der Waals surface area (Å²) in [5.41, 5.74) is 0.646. The molecule has 3 aromatic rings. The molecule has 2 heterocycles. The smallest absolute Gasteiger partial charge is 0.292 e. The van der Waals surface area contributed by atoms with Gasteiger partial charge in [-0.2, -0.15) is 5.10 Å². The van der Waals surface area contributed by atoms with E-state index in [1.807, 2.05) is 6.92 Å². The van der Waals surface area contributed by atoms with Crippen molar-refractivity contribution in [1.82, 2.24) is 30.4 Å². The van der Waals surface area contributed by atoms with E-state index < -0.39 is 5.91 Å². The summed E-state index contributed by atoms with van der Waals surface area (Å²) >= 11 is 1.39. The van der Waals surface area contributed by atoms with E-state index in [2.05, 4.69) is 35.7 Å². The highest BCUT2D eigenvalue weighted by Crippen LogP contribution is 2.24. The van der Waals surface area contributed by atoms with E-state index in [1.165, 1.54) is 18.1 Å². The fourth-order valence-electron chi connectivity index (χ4n) is 2.00. The molecule has 0 bridgehead atoms. The minimum absolute atomic E-state index is 0.0690. The Bertz CT molecular complexity index is 907. The first-order chi connectivity index (χ1) is 11.7. The number of nitrogens with one attached hydrogen (secondary N) is 3. The monoisotopic (exact) mass is 343 g/mol. The Morgan fingerprint density at radius 1 is 1.29 bits per heavy atom. The lowest BCUT2D eigenvalue weighted by Crippen LogP contribution is -2.18. The van der Waals surface area contributed by atoms with Gasteiger partial charge in [0.1, 0.15) is 6.33 Å². The van der Waals surface area contributed by atoms with E-state index in [-0.39, 0.29) is 17.1 Å². The number of hydrogen-bond donors (Lipinski definition) is 3. The van der Waals surface area contributed by atoms with Crippen LogP contribution in [0.1, 0.15) is 17.5 Å². The van der Waals surface area contributed by atoms with Gasteiger partial charge in [0.05, 0.1) is 5.69 Å². The normalized spacial score (nSPS) is 10.5. The second-order valence-electron chi connectivity index (χ2n) is 4.57. The van der Waals surface area contributed by atoms with Crippen LogP contribution in [0.15, 0.2) is 40.5 Å². The van der Waals surface area contributed by atoms with Crippen LogP contribution in [0, 0.1) is 0 Å². The van der Waals surface area contributed by atoms with Crippen LogP contribution in [-0.4, -0.2) is 42.0 Å². The van der Waals surface area contributed by atoms with Gasteiger partial charge in [-0.25, -0.2) is 4.98 Å². The third-order valence-corrected chi connectivity index (χ3v) is 3.76. The molecule has 122 valence electrons. The van der Waals surface area contributed by atoms with E-state index in [4.69, 9.17) is 0 Å². The van der Waals surface area contributed by atoms with Crippen molar-refractivity contribution in [2.24, 2.45) is 0 Å². The van der Waals surface area contributed by atoms with Crippen LogP contribution >= 0.6 is 11.8 Å². The zero-order valence-electron chi connectivity index (χ0n) is 12.6. The van der Waals surface area contributed by atoms with Crippen molar-refractivity contribution in [1.29, 1.82) is 0 Å². The first kappa shape index (κ1) is 15.9. The molecule has 24 heavy (non-hydrogen) atoms. The van der Waals surface area contributed by atoms with Crippen LogP contribution < -0.4 is 10.9 Å². The van der Waals surface area contributed by atoms with E-state index in [0.29, 0.717) is 16.4 Å². The maximum Gasteiger partial charge on any atom is 0.292 e. The van der Waals surface area contributed by atoms with Crippen LogP contribution in [0.4, 0.5) is 5.69 Å². The summed E-state index contributed by atoms with van der Waals surface area (Å²) in [6, 6.07) is 6.83. The van der Waals surface area contributed by atoms with Gasteiger partial charge in [0, 0.05) is 5.56 Å². The van der Waals surface area contributed by atoms with Gasteiger partial charge in [-0.1, -0.05) is 36.9 Å². The molecular formula is C14H13N7O2S. The first-order valence-corrected chi connectivity index (χ1v) is 8.03. The van der Waals surface area contributed by atoms with Crippen molar-refractivity contribution in [2.75, 3.05) is 11.1 Å². The van der Waals surface area contributed by atoms with Crippen molar-refractivity contribution in [3.8, 4) is 11.3 Å². The molecule has 9 nitrogen and oxygen atoms in total. The minimum atomic E-state index is -0.470. The van der Waals surface area contributed by atoms with Gasteiger partial charge < -0.3 is 5.32 Å². The number of carbonyl (C=O) groups is 1. The van der Waals surface area contributed by atoms with E-state index >= 15 is 0 Å². The minimum Gasteiger partial charge on any atom is -0.319 e. The molecule has 0 atom stereocenters. The second-order valence-corrected chi connectivity index (χ2v) is 5.83. The number of aromatic amines is 2. The highest BCUT2D eigenvalue weighted by molar-refractivity contribution is 7.99. The van der Waals surface area contributed by atoms with E-state index in [0.717, 1.165) is 5.75 Å². The molecule has 0 unspecified atom stereocenters. The molecule has 1 amide bonds. The molecule has 10 heteroatoms. The number of carbonyl (C=O) groups excluding carboxylic acids is 1. The highest BCUT2D eigenvalue weighted by atomic mass is 32.2.